The van der Waals surface area contributed by atoms with Crippen molar-refractivity contribution in [2.45, 2.75) is 12.6 Å². The Bertz CT molecular complexity index is 514. The third kappa shape index (κ3) is 4.64. The molecule has 3 N–H and O–H groups in total. The van der Waals surface area contributed by atoms with Gasteiger partial charge >= 0.3 is 0 Å². The topological polar surface area (TPSA) is 81.6 Å². The van der Waals surface area contributed by atoms with Gasteiger partial charge in [-0.15, -0.1) is 24.8 Å². The monoisotopic (exact) mass is 320 g/mol. The first-order valence-electron chi connectivity index (χ1n) is 5.65. The summed E-state index contributed by atoms with van der Waals surface area (Å²) in [5.41, 5.74) is 7.25. The van der Waals surface area contributed by atoms with Crippen molar-refractivity contribution in [3.63, 3.8) is 0 Å². The number of nitrogens with zero attached hydrogens (tertiary/aromatic N) is 2. The van der Waals surface area contributed by atoms with E-state index in [0.717, 1.165) is 11.3 Å². The molecule has 0 saturated carbocycles. The molecule has 112 valence electrons. The highest BCUT2D eigenvalue weighted by Gasteiger charge is 2.12. The van der Waals surface area contributed by atoms with Gasteiger partial charge in [-0.25, -0.2) is 4.98 Å². The van der Waals surface area contributed by atoms with E-state index in [4.69, 9.17) is 10.5 Å². The van der Waals surface area contributed by atoms with Crippen LogP contribution in [0.5, 0.6) is 0 Å². The Morgan fingerprint density at radius 3 is 2.90 bits per heavy atom. The molecule has 1 amide bonds. The second kappa shape index (κ2) is 8.76. The predicted molar refractivity (Wildman–Crippen MR) is 81.4 cm³/mol. The number of amides is 1. The summed E-state index contributed by atoms with van der Waals surface area (Å²) in [4.78, 5) is 15.9. The fraction of sp³-hybridized carbons (Fsp3) is 0.333. The fourth-order valence-corrected chi connectivity index (χ4v) is 1.64. The first kappa shape index (κ1) is 18.7. The molecule has 2 heterocycles. The van der Waals surface area contributed by atoms with Crippen molar-refractivity contribution in [1.29, 1.82) is 0 Å². The molecule has 0 radical (unpaired) electrons. The minimum Gasteiger partial charge on any atom is -0.383 e. The summed E-state index contributed by atoms with van der Waals surface area (Å²) in [7, 11) is 1.51. The average molecular weight is 321 g/mol. The molecule has 1 unspecified atom stereocenters. The maximum Gasteiger partial charge on any atom is 0.239 e. The summed E-state index contributed by atoms with van der Waals surface area (Å²) in [6.07, 6.45) is 3.78. The van der Waals surface area contributed by atoms with Gasteiger partial charge in [0.1, 0.15) is 11.7 Å². The standard InChI is InChI=1S/C12H16N4O2.2ClH/c1-18-8-10(13)12(17)14-6-9-7-16-5-3-2-4-11(16)15-9;;/h2-5,7,10H,6,8,13H2,1H3,(H,14,17);2*1H. The van der Waals surface area contributed by atoms with E-state index in [1.54, 1.807) is 0 Å². The van der Waals surface area contributed by atoms with Crippen molar-refractivity contribution in [3.05, 3.63) is 36.3 Å². The Balaban J connectivity index is 0.00000180. The van der Waals surface area contributed by atoms with Gasteiger partial charge in [-0.3, -0.25) is 4.79 Å². The number of hydrogen-bond acceptors (Lipinski definition) is 4. The number of carbonyl (C=O) groups excluding carboxylic acids is 1. The third-order valence-corrected chi connectivity index (χ3v) is 2.54. The first-order chi connectivity index (χ1) is 8.70. The summed E-state index contributed by atoms with van der Waals surface area (Å²) in [6.45, 7) is 0.564. The number of fused-ring (bicyclic) bond motifs is 1. The quantitative estimate of drug-likeness (QED) is 0.852. The molecule has 6 nitrogen and oxygen atoms in total. The van der Waals surface area contributed by atoms with Crippen molar-refractivity contribution in [3.8, 4) is 0 Å². The van der Waals surface area contributed by atoms with E-state index in [1.165, 1.54) is 7.11 Å². The van der Waals surface area contributed by atoms with Gasteiger partial charge in [0, 0.05) is 19.5 Å². The SMILES string of the molecule is COCC(N)C(=O)NCc1cn2ccccc2n1.Cl.Cl. The largest absolute Gasteiger partial charge is 0.383 e. The Kier molecular flexibility index (Phi) is 8.17. The molecule has 0 aromatic carbocycles. The lowest BCUT2D eigenvalue weighted by atomic mass is 10.3. The number of nitrogens with one attached hydrogen (secondary N) is 1. The van der Waals surface area contributed by atoms with Crippen molar-refractivity contribution < 1.29 is 9.53 Å². The number of rotatable bonds is 5. The summed E-state index contributed by atoms with van der Waals surface area (Å²) in [5.74, 6) is -0.242. The van der Waals surface area contributed by atoms with Gasteiger partial charge in [-0.1, -0.05) is 6.07 Å². The number of methoxy groups -OCH3 is 1. The van der Waals surface area contributed by atoms with E-state index in [-0.39, 0.29) is 37.3 Å². The maximum atomic E-state index is 11.6. The highest BCUT2D eigenvalue weighted by molar-refractivity contribution is 5.85. The zero-order valence-corrected chi connectivity index (χ0v) is 12.6. The molecule has 2 rings (SSSR count). The van der Waals surface area contributed by atoms with Crippen LogP contribution in [-0.2, 0) is 16.1 Å². The Labute approximate surface area is 129 Å². The molecular weight excluding hydrogens is 303 g/mol. The Hall–Kier alpha value is -1.34. The zero-order valence-electron chi connectivity index (χ0n) is 11.0. The van der Waals surface area contributed by atoms with Gasteiger partial charge in [-0.05, 0) is 12.1 Å². The van der Waals surface area contributed by atoms with Crippen molar-refractivity contribution in [2.24, 2.45) is 5.73 Å². The third-order valence-electron chi connectivity index (χ3n) is 2.54. The lowest BCUT2D eigenvalue weighted by Gasteiger charge is -2.09. The Morgan fingerprint density at radius 1 is 1.50 bits per heavy atom. The number of hydrogen-bond donors (Lipinski definition) is 2. The molecule has 0 bridgehead atoms. The Morgan fingerprint density at radius 2 is 2.25 bits per heavy atom. The van der Waals surface area contributed by atoms with Crippen LogP contribution in [0.15, 0.2) is 30.6 Å². The fourth-order valence-electron chi connectivity index (χ4n) is 1.64. The molecule has 1 atom stereocenters. The van der Waals surface area contributed by atoms with Crippen LogP contribution >= 0.6 is 24.8 Å². The summed E-state index contributed by atoms with van der Waals surface area (Å²) in [5, 5.41) is 2.72. The van der Waals surface area contributed by atoms with E-state index in [1.807, 2.05) is 35.0 Å². The number of imidazole rings is 1. The lowest BCUT2D eigenvalue weighted by Crippen LogP contribution is -2.43. The van der Waals surface area contributed by atoms with Crippen LogP contribution in [0, 0.1) is 0 Å². The van der Waals surface area contributed by atoms with Gasteiger partial charge in [0.05, 0.1) is 18.8 Å². The predicted octanol–water partition coefficient (Wildman–Crippen LogP) is 0.768. The summed E-state index contributed by atoms with van der Waals surface area (Å²) in [6, 6.07) is 5.10. The molecule has 0 spiro atoms. The molecule has 0 aliphatic heterocycles. The molecule has 0 fully saturated rings. The number of pyridine rings is 1. The second-order valence-electron chi connectivity index (χ2n) is 3.98. The molecule has 20 heavy (non-hydrogen) atoms. The zero-order chi connectivity index (χ0) is 13.0. The van der Waals surface area contributed by atoms with Gasteiger partial charge in [-0.2, -0.15) is 0 Å². The molecule has 2 aromatic heterocycles. The smallest absolute Gasteiger partial charge is 0.239 e. The van der Waals surface area contributed by atoms with Crippen LogP contribution in [0.3, 0.4) is 0 Å². The second-order valence-corrected chi connectivity index (χ2v) is 3.98. The number of nitrogens with two attached hydrogens (primary N) is 1. The number of carbonyl (C=O) groups is 1. The van der Waals surface area contributed by atoms with E-state index < -0.39 is 6.04 Å². The lowest BCUT2D eigenvalue weighted by molar-refractivity contribution is -0.123. The van der Waals surface area contributed by atoms with E-state index in [2.05, 4.69) is 10.3 Å². The van der Waals surface area contributed by atoms with Crippen LogP contribution in [0.1, 0.15) is 5.69 Å². The van der Waals surface area contributed by atoms with Gasteiger partial charge in [0.15, 0.2) is 0 Å². The average Bonchev–Trinajstić information content (AvgIpc) is 2.78. The minimum atomic E-state index is -0.646. The van der Waals surface area contributed by atoms with Crippen LogP contribution in [-0.4, -0.2) is 35.1 Å². The first-order valence-corrected chi connectivity index (χ1v) is 5.65. The van der Waals surface area contributed by atoms with Gasteiger partial charge < -0.3 is 20.2 Å². The molecule has 0 aliphatic carbocycles. The molecular formula is C12H18Cl2N4O2. The molecule has 2 aromatic rings. The van der Waals surface area contributed by atoms with Crippen LogP contribution in [0.25, 0.3) is 5.65 Å². The summed E-state index contributed by atoms with van der Waals surface area (Å²) < 4.78 is 6.72. The van der Waals surface area contributed by atoms with Gasteiger partial charge in [0.2, 0.25) is 5.91 Å². The van der Waals surface area contributed by atoms with E-state index >= 15 is 0 Å². The maximum absolute atomic E-state index is 11.6. The number of halogens is 2. The van der Waals surface area contributed by atoms with Crippen molar-refractivity contribution in [2.75, 3.05) is 13.7 Å². The highest BCUT2D eigenvalue weighted by atomic mass is 35.5. The van der Waals surface area contributed by atoms with Crippen molar-refractivity contribution in [1.82, 2.24) is 14.7 Å². The highest BCUT2D eigenvalue weighted by Crippen LogP contribution is 2.03. The number of ether oxygens (including phenoxy) is 1. The minimum absolute atomic E-state index is 0. The van der Waals surface area contributed by atoms with Gasteiger partial charge in [0.25, 0.3) is 0 Å². The normalized spacial score (nSPS) is 11.3. The number of aromatic nitrogens is 2. The van der Waals surface area contributed by atoms with Crippen molar-refractivity contribution >= 4 is 36.4 Å². The molecule has 0 aliphatic rings. The van der Waals surface area contributed by atoms with Crippen LogP contribution in [0.2, 0.25) is 0 Å². The van der Waals surface area contributed by atoms with E-state index in [0.29, 0.717) is 6.54 Å². The summed E-state index contributed by atoms with van der Waals surface area (Å²) >= 11 is 0. The van der Waals surface area contributed by atoms with Crippen LogP contribution in [0.4, 0.5) is 0 Å². The molecule has 0 saturated heterocycles. The van der Waals surface area contributed by atoms with E-state index in [9.17, 15) is 4.79 Å². The van der Waals surface area contributed by atoms with Crippen LogP contribution < -0.4 is 11.1 Å². The molecule has 8 heteroatoms.